The summed E-state index contributed by atoms with van der Waals surface area (Å²) in [6.07, 6.45) is 0. The number of nitrogens with two attached hydrogens (primary N) is 1. The summed E-state index contributed by atoms with van der Waals surface area (Å²) in [6.45, 7) is 0.270. The molecular weight excluding hydrogens is 223 g/mol. The Morgan fingerprint density at radius 2 is 2.06 bits per heavy atom. The summed E-state index contributed by atoms with van der Waals surface area (Å²) in [4.78, 5) is 4.12. The lowest BCUT2D eigenvalue weighted by Crippen LogP contribution is -2.03. The van der Waals surface area contributed by atoms with Crippen LogP contribution in [0.15, 0.2) is 18.2 Å². The van der Waals surface area contributed by atoms with Crippen LogP contribution in [0.4, 0.5) is 4.39 Å². The average Bonchev–Trinajstić information content (AvgIpc) is 2.38. The molecule has 0 atom stereocenters. The molecule has 1 aromatic carbocycles. The SMILES string of the molecule is COc1nc2c(F)ccc(OC)c2cc1CN. The third-order valence-electron chi connectivity index (χ3n) is 2.57. The average molecular weight is 236 g/mol. The van der Waals surface area contributed by atoms with Crippen molar-refractivity contribution in [3.05, 3.63) is 29.6 Å². The van der Waals surface area contributed by atoms with E-state index in [-0.39, 0.29) is 12.1 Å². The predicted octanol–water partition coefficient (Wildman–Crippen LogP) is 1.85. The van der Waals surface area contributed by atoms with Gasteiger partial charge in [0.1, 0.15) is 17.1 Å². The monoisotopic (exact) mass is 236 g/mol. The van der Waals surface area contributed by atoms with Crippen molar-refractivity contribution in [1.82, 2.24) is 4.98 Å². The highest BCUT2D eigenvalue weighted by Gasteiger charge is 2.12. The second-order valence-electron chi connectivity index (χ2n) is 3.51. The zero-order valence-corrected chi connectivity index (χ0v) is 9.66. The van der Waals surface area contributed by atoms with E-state index in [4.69, 9.17) is 15.2 Å². The molecule has 0 aliphatic rings. The first-order valence-electron chi connectivity index (χ1n) is 5.11. The Hall–Kier alpha value is -1.88. The molecule has 2 rings (SSSR count). The molecule has 1 heterocycles. The van der Waals surface area contributed by atoms with E-state index < -0.39 is 5.82 Å². The molecule has 0 fully saturated rings. The Morgan fingerprint density at radius 3 is 2.65 bits per heavy atom. The van der Waals surface area contributed by atoms with E-state index in [9.17, 15) is 4.39 Å². The van der Waals surface area contributed by atoms with Gasteiger partial charge in [-0.15, -0.1) is 0 Å². The number of ether oxygens (including phenoxy) is 2. The molecule has 2 N–H and O–H groups in total. The van der Waals surface area contributed by atoms with Crippen molar-refractivity contribution in [2.45, 2.75) is 6.54 Å². The van der Waals surface area contributed by atoms with Crippen molar-refractivity contribution < 1.29 is 13.9 Å². The lowest BCUT2D eigenvalue weighted by molar-refractivity contribution is 0.393. The van der Waals surface area contributed by atoms with Crippen LogP contribution in [0.5, 0.6) is 11.6 Å². The molecule has 0 unspecified atom stereocenters. The number of fused-ring (bicyclic) bond motifs is 1. The first kappa shape index (κ1) is 11.6. The number of methoxy groups -OCH3 is 2. The zero-order chi connectivity index (χ0) is 12.4. The normalized spacial score (nSPS) is 10.6. The maximum absolute atomic E-state index is 13.6. The molecule has 0 saturated carbocycles. The van der Waals surface area contributed by atoms with Gasteiger partial charge in [-0.2, -0.15) is 0 Å². The third-order valence-corrected chi connectivity index (χ3v) is 2.57. The minimum Gasteiger partial charge on any atom is -0.496 e. The molecule has 0 aliphatic carbocycles. The van der Waals surface area contributed by atoms with Gasteiger partial charge in [0.2, 0.25) is 5.88 Å². The summed E-state index contributed by atoms with van der Waals surface area (Å²) in [5.74, 6) is 0.487. The highest BCUT2D eigenvalue weighted by atomic mass is 19.1. The number of pyridine rings is 1. The van der Waals surface area contributed by atoms with E-state index in [0.29, 0.717) is 22.6 Å². The van der Waals surface area contributed by atoms with E-state index in [1.165, 1.54) is 20.3 Å². The van der Waals surface area contributed by atoms with Gasteiger partial charge in [-0.1, -0.05) is 0 Å². The Balaban J connectivity index is 2.80. The van der Waals surface area contributed by atoms with Gasteiger partial charge < -0.3 is 15.2 Å². The maximum atomic E-state index is 13.6. The number of nitrogens with zero attached hydrogens (tertiary/aromatic N) is 1. The molecule has 2 aromatic rings. The standard InChI is InChI=1S/C12H13FN2O2/c1-16-10-4-3-9(13)11-8(10)5-7(6-14)12(15-11)17-2/h3-5H,6,14H2,1-2H3. The van der Waals surface area contributed by atoms with Gasteiger partial charge >= 0.3 is 0 Å². The largest absolute Gasteiger partial charge is 0.496 e. The van der Waals surface area contributed by atoms with Crippen molar-refractivity contribution in [2.75, 3.05) is 14.2 Å². The second-order valence-corrected chi connectivity index (χ2v) is 3.51. The molecule has 0 aliphatic heterocycles. The number of hydrogen-bond donors (Lipinski definition) is 1. The summed E-state index contributed by atoms with van der Waals surface area (Å²) in [5.41, 5.74) is 6.52. The van der Waals surface area contributed by atoms with Crippen LogP contribution in [0.3, 0.4) is 0 Å². The van der Waals surface area contributed by atoms with Gasteiger partial charge in [-0.3, -0.25) is 0 Å². The summed E-state index contributed by atoms with van der Waals surface area (Å²) < 4.78 is 23.9. The van der Waals surface area contributed by atoms with Crippen molar-refractivity contribution in [3.63, 3.8) is 0 Å². The van der Waals surface area contributed by atoms with Crippen molar-refractivity contribution in [1.29, 1.82) is 0 Å². The summed E-state index contributed by atoms with van der Waals surface area (Å²) in [6, 6.07) is 4.62. The maximum Gasteiger partial charge on any atom is 0.218 e. The summed E-state index contributed by atoms with van der Waals surface area (Å²) in [7, 11) is 3.00. The van der Waals surface area contributed by atoms with Crippen molar-refractivity contribution >= 4 is 10.9 Å². The van der Waals surface area contributed by atoms with Crippen LogP contribution in [0.25, 0.3) is 10.9 Å². The number of aromatic nitrogens is 1. The van der Waals surface area contributed by atoms with Gasteiger partial charge in [-0.05, 0) is 18.2 Å². The molecule has 0 spiro atoms. The van der Waals surface area contributed by atoms with E-state index in [1.807, 2.05) is 0 Å². The number of benzene rings is 1. The molecule has 0 amide bonds. The van der Waals surface area contributed by atoms with Crippen molar-refractivity contribution in [3.8, 4) is 11.6 Å². The van der Waals surface area contributed by atoms with E-state index in [1.54, 1.807) is 12.1 Å². The quantitative estimate of drug-likeness (QED) is 0.883. The van der Waals surface area contributed by atoms with Crippen LogP contribution in [0.2, 0.25) is 0 Å². The fourth-order valence-corrected chi connectivity index (χ4v) is 1.73. The van der Waals surface area contributed by atoms with Gasteiger partial charge in [0.15, 0.2) is 0 Å². The van der Waals surface area contributed by atoms with E-state index in [0.717, 1.165) is 0 Å². The van der Waals surface area contributed by atoms with Gasteiger partial charge in [0.25, 0.3) is 0 Å². The Bertz CT molecular complexity index is 558. The number of halogens is 1. The number of rotatable bonds is 3. The summed E-state index contributed by atoms with van der Waals surface area (Å²) >= 11 is 0. The van der Waals surface area contributed by atoms with Crippen LogP contribution in [0, 0.1) is 5.82 Å². The molecule has 0 radical (unpaired) electrons. The Labute approximate surface area is 98.2 Å². The van der Waals surface area contributed by atoms with Crippen LogP contribution >= 0.6 is 0 Å². The van der Waals surface area contributed by atoms with E-state index in [2.05, 4.69) is 4.98 Å². The topological polar surface area (TPSA) is 57.4 Å². The van der Waals surface area contributed by atoms with Crippen LogP contribution in [0.1, 0.15) is 5.56 Å². The molecular formula is C12H13FN2O2. The summed E-state index contributed by atoms with van der Waals surface area (Å²) in [5, 5.41) is 0.591. The lowest BCUT2D eigenvalue weighted by atomic mass is 10.1. The smallest absolute Gasteiger partial charge is 0.218 e. The first-order valence-corrected chi connectivity index (χ1v) is 5.11. The van der Waals surface area contributed by atoms with Gasteiger partial charge in [0, 0.05) is 17.5 Å². The second kappa shape index (κ2) is 4.55. The molecule has 0 bridgehead atoms. The minimum absolute atomic E-state index is 0.221. The molecule has 1 aromatic heterocycles. The molecule has 4 nitrogen and oxygen atoms in total. The highest BCUT2D eigenvalue weighted by Crippen LogP contribution is 2.30. The van der Waals surface area contributed by atoms with Crippen LogP contribution in [-0.4, -0.2) is 19.2 Å². The zero-order valence-electron chi connectivity index (χ0n) is 9.66. The molecule has 0 saturated heterocycles. The fraction of sp³-hybridized carbons (Fsp3) is 0.250. The van der Waals surface area contributed by atoms with Gasteiger partial charge in [0.05, 0.1) is 14.2 Å². The molecule has 17 heavy (non-hydrogen) atoms. The number of hydrogen-bond acceptors (Lipinski definition) is 4. The van der Waals surface area contributed by atoms with Crippen LogP contribution in [-0.2, 0) is 6.54 Å². The Kier molecular flexibility index (Phi) is 3.10. The van der Waals surface area contributed by atoms with E-state index >= 15 is 0 Å². The Morgan fingerprint density at radius 1 is 1.29 bits per heavy atom. The molecule has 90 valence electrons. The first-order chi connectivity index (χ1) is 8.21. The van der Waals surface area contributed by atoms with Crippen molar-refractivity contribution in [2.24, 2.45) is 5.73 Å². The third kappa shape index (κ3) is 1.89. The van der Waals surface area contributed by atoms with Crippen LogP contribution < -0.4 is 15.2 Å². The highest BCUT2D eigenvalue weighted by molar-refractivity contribution is 5.87. The minimum atomic E-state index is -0.414. The predicted molar refractivity (Wildman–Crippen MR) is 62.7 cm³/mol. The lowest BCUT2D eigenvalue weighted by Gasteiger charge is -2.10. The molecule has 5 heteroatoms. The van der Waals surface area contributed by atoms with Gasteiger partial charge in [-0.25, -0.2) is 9.37 Å². The fourth-order valence-electron chi connectivity index (χ4n) is 1.73.